The molecule has 25 heavy (non-hydrogen) atoms. The maximum Gasteiger partial charge on any atom is 0.266 e. The van der Waals surface area contributed by atoms with Crippen LogP contribution in [0.5, 0.6) is 0 Å². The molecule has 128 valence electrons. The highest BCUT2D eigenvalue weighted by molar-refractivity contribution is 8.26. The summed E-state index contributed by atoms with van der Waals surface area (Å²) >= 11 is 12.5. The zero-order valence-corrected chi connectivity index (χ0v) is 15.9. The number of nitrogens with zero attached hydrogens (tertiary/aromatic N) is 2. The molecule has 0 saturated carbocycles. The Balaban J connectivity index is 1.67. The molecule has 0 spiro atoms. The van der Waals surface area contributed by atoms with E-state index < -0.39 is 5.91 Å². The highest BCUT2D eigenvalue weighted by Gasteiger charge is 2.35. The van der Waals surface area contributed by atoms with Crippen LogP contribution in [0.2, 0.25) is 0 Å². The highest BCUT2D eigenvalue weighted by atomic mass is 32.2. The third-order valence-electron chi connectivity index (χ3n) is 3.26. The van der Waals surface area contributed by atoms with Gasteiger partial charge in [0.2, 0.25) is 0 Å². The molecule has 2 heterocycles. The molecule has 0 aromatic heterocycles. The Morgan fingerprint density at radius 3 is 2.56 bits per heavy atom. The van der Waals surface area contributed by atoms with Crippen molar-refractivity contribution in [3.05, 3.63) is 40.8 Å². The summed E-state index contributed by atoms with van der Waals surface area (Å²) in [5.41, 5.74) is 3.28. The van der Waals surface area contributed by atoms with Gasteiger partial charge < -0.3 is 0 Å². The van der Waals surface area contributed by atoms with Crippen molar-refractivity contribution in [1.82, 2.24) is 15.3 Å². The van der Waals surface area contributed by atoms with Crippen LogP contribution in [0.25, 0.3) is 6.08 Å². The van der Waals surface area contributed by atoms with E-state index in [-0.39, 0.29) is 28.4 Å². The van der Waals surface area contributed by atoms with Crippen LogP contribution in [0.1, 0.15) is 5.56 Å². The molecule has 0 aliphatic carbocycles. The van der Waals surface area contributed by atoms with E-state index in [9.17, 15) is 14.4 Å². The fraction of sp³-hybridized carbons (Fsp3) is 0.133. The Bertz CT molecular complexity index is 793. The average molecular weight is 410 g/mol. The van der Waals surface area contributed by atoms with E-state index >= 15 is 0 Å². The largest absolute Gasteiger partial charge is 0.283 e. The fourth-order valence-electron chi connectivity index (χ4n) is 2.10. The second kappa shape index (κ2) is 7.65. The van der Waals surface area contributed by atoms with Gasteiger partial charge in [0.15, 0.2) is 4.32 Å². The molecular weight excluding hydrogens is 398 g/mol. The molecule has 0 unspecified atom stereocenters. The quantitative estimate of drug-likeness (QED) is 0.600. The van der Waals surface area contributed by atoms with Crippen LogP contribution in [-0.2, 0) is 14.4 Å². The minimum Gasteiger partial charge on any atom is -0.283 e. The molecule has 2 aliphatic rings. The van der Waals surface area contributed by atoms with Crippen LogP contribution in [0.4, 0.5) is 0 Å². The summed E-state index contributed by atoms with van der Waals surface area (Å²) in [4.78, 5) is 37.9. The lowest BCUT2D eigenvalue weighted by molar-refractivity contribution is -0.135. The molecule has 0 bridgehead atoms. The number of thioether (sulfide) groups is 2. The van der Waals surface area contributed by atoms with Crippen molar-refractivity contribution in [2.24, 2.45) is 0 Å². The first-order chi connectivity index (χ1) is 12.0. The van der Waals surface area contributed by atoms with E-state index in [1.165, 1.54) is 16.7 Å². The molecule has 2 saturated heterocycles. The summed E-state index contributed by atoms with van der Waals surface area (Å²) in [6, 6.07) is 9.37. The summed E-state index contributed by atoms with van der Waals surface area (Å²) in [5, 5.41) is 1.03. The van der Waals surface area contributed by atoms with Crippen LogP contribution in [0, 0.1) is 0 Å². The molecule has 1 aromatic carbocycles. The summed E-state index contributed by atoms with van der Waals surface area (Å²) < 4.78 is 0.583. The maximum atomic E-state index is 12.5. The van der Waals surface area contributed by atoms with Crippen molar-refractivity contribution in [3.8, 4) is 0 Å². The van der Waals surface area contributed by atoms with Crippen molar-refractivity contribution in [2.45, 2.75) is 0 Å². The number of hydrogen-bond donors (Lipinski definition) is 1. The van der Waals surface area contributed by atoms with Crippen molar-refractivity contribution in [2.75, 3.05) is 12.3 Å². The second-order valence-corrected chi connectivity index (χ2v) is 8.28. The number of hydrogen-bond acceptors (Lipinski definition) is 7. The van der Waals surface area contributed by atoms with Gasteiger partial charge in [-0.1, -0.05) is 78.3 Å². The molecule has 6 nitrogen and oxygen atoms in total. The topological polar surface area (TPSA) is 69.7 Å². The van der Waals surface area contributed by atoms with Gasteiger partial charge in [-0.05, 0) is 11.6 Å². The summed E-state index contributed by atoms with van der Waals surface area (Å²) in [6.45, 7) is -0.270. The molecule has 0 atom stereocenters. The molecular formula is C15H11N3O3S4. The maximum absolute atomic E-state index is 12.5. The third-order valence-corrected chi connectivity index (χ3v) is 5.99. The number of hydrazine groups is 1. The highest BCUT2D eigenvalue weighted by Crippen LogP contribution is 2.32. The van der Waals surface area contributed by atoms with Crippen LogP contribution in [0.15, 0.2) is 35.2 Å². The van der Waals surface area contributed by atoms with Crippen molar-refractivity contribution >= 4 is 80.4 Å². The number of thiocarbonyl (C=S) groups is 2. The van der Waals surface area contributed by atoms with Gasteiger partial charge in [0.05, 0.1) is 10.7 Å². The summed E-state index contributed by atoms with van der Waals surface area (Å²) in [5.74, 6) is -0.966. The van der Waals surface area contributed by atoms with Gasteiger partial charge in [0.1, 0.15) is 10.9 Å². The van der Waals surface area contributed by atoms with E-state index in [1.807, 2.05) is 30.3 Å². The molecule has 3 rings (SSSR count). The molecule has 1 aromatic rings. The Labute approximate surface area is 163 Å². The van der Waals surface area contributed by atoms with Gasteiger partial charge in [-0.15, -0.1) is 0 Å². The molecule has 0 radical (unpaired) electrons. The SMILES string of the molecule is O=C(CN1C(=O)/C(=C/c2ccccc2)SC1=S)NN1C(=O)CSC1=S. The lowest BCUT2D eigenvalue weighted by atomic mass is 10.2. The number of carbonyl (C=O) groups is 3. The van der Waals surface area contributed by atoms with Crippen molar-refractivity contribution < 1.29 is 14.4 Å². The van der Waals surface area contributed by atoms with Gasteiger partial charge in [0, 0.05) is 0 Å². The smallest absolute Gasteiger partial charge is 0.266 e. The second-order valence-electron chi connectivity index (χ2n) is 5.00. The van der Waals surface area contributed by atoms with Gasteiger partial charge in [-0.25, -0.2) is 5.01 Å². The summed E-state index contributed by atoms with van der Waals surface area (Å²) in [6.07, 6.45) is 1.73. The van der Waals surface area contributed by atoms with E-state index in [0.29, 0.717) is 9.23 Å². The Kier molecular flexibility index (Phi) is 5.52. The van der Waals surface area contributed by atoms with E-state index in [2.05, 4.69) is 5.43 Å². The van der Waals surface area contributed by atoms with Crippen LogP contribution in [0.3, 0.4) is 0 Å². The summed E-state index contributed by atoms with van der Waals surface area (Å²) in [7, 11) is 0. The van der Waals surface area contributed by atoms with Gasteiger partial charge in [0.25, 0.3) is 17.7 Å². The minimum atomic E-state index is -0.532. The number of benzene rings is 1. The molecule has 3 amide bonds. The minimum absolute atomic E-state index is 0.194. The van der Waals surface area contributed by atoms with Gasteiger partial charge in [-0.3, -0.25) is 24.7 Å². The zero-order valence-electron chi connectivity index (χ0n) is 12.6. The molecule has 1 N–H and O–H groups in total. The van der Waals surface area contributed by atoms with Crippen LogP contribution < -0.4 is 5.43 Å². The zero-order chi connectivity index (χ0) is 18.0. The number of nitrogens with one attached hydrogen (secondary N) is 1. The first-order valence-electron chi connectivity index (χ1n) is 7.05. The predicted octanol–water partition coefficient (Wildman–Crippen LogP) is 1.78. The molecule has 10 heteroatoms. The lowest BCUT2D eigenvalue weighted by Crippen LogP contribution is -2.49. The normalized spacial score (nSPS) is 19.3. The predicted molar refractivity (Wildman–Crippen MR) is 106 cm³/mol. The number of carbonyl (C=O) groups excluding carboxylic acids is 3. The van der Waals surface area contributed by atoms with E-state index in [1.54, 1.807) is 6.08 Å². The number of amides is 3. The van der Waals surface area contributed by atoms with Crippen molar-refractivity contribution in [3.63, 3.8) is 0 Å². The lowest BCUT2D eigenvalue weighted by Gasteiger charge is -2.19. The van der Waals surface area contributed by atoms with Crippen LogP contribution >= 0.6 is 48.0 Å². The first-order valence-corrected chi connectivity index (χ1v) is 9.67. The Morgan fingerprint density at radius 1 is 1.20 bits per heavy atom. The monoisotopic (exact) mass is 409 g/mol. The first kappa shape index (κ1) is 18.1. The standard InChI is InChI=1S/C15H11N3O3S4/c19-11(16-18-12(20)8-24-15(18)23)7-17-13(21)10(25-14(17)22)6-9-4-2-1-3-5-9/h1-6H,7-8H2,(H,16,19)/b10-6-. The van der Waals surface area contributed by atoms with E-state index in [4.69, 9.17) is 24.4 Å². The van der Waals surface area contributed by atoms with E-state index in [0.717, 1.165) is 22.3 Å². The Morgan fingerprint density at radius 2 is 1.92 bits per heavy atom. The average Bonchev–Trinajstić information content (AvgIpc) is 3.03. The van der Waals surface area contributed by atoms with Gasteiger partial charge in [-0.2, -0.15) is 0 Å². The third kappa shape index (κ3) is 4.09. The molecule has 2 aliphatic heterocycles. The Hall–Kier alpha value is -1.75. The fourth-order valence-corrected chi connectivity index (χ4v) is 4.33. The van der Waals surface area contributed by atoms with Gasteiger partial charge >= 0.3 is 0 Å². The van der Waals surface area contributed by atoms with Crippen LogP contribution in [-0.4, -0.2) is 48.6 Å². The molecule has 2 fully saturated rings. The van der Waals surface area contributed by atoms with Crippen molar-refractivity contribution in [1.29, 1.82) is 0 Å². The number of rotatable bonds is 4.